The number of nitrogens with one attached hydrogen (secondary N) is 1. The van der Waals surface area contributed by atoms with Crippen molar-refractivity contribution in [1.29, 1.82) is 0 Å². The molecule has 2 heterocycles. The monoisotopic (exact) mass is 281 g/mol. The van der Waals surface area contributed by atoms with Crippen LogP contribution in [0.25, 0.3) is 0 Å². The molecule has 20 heavy (non-hydrogen) atoms. The first-order valence-electron chi connectivity index (χ1n) is 8.86. The number of rotatable bonds is 5. The molecule has 0 aromatic heterocycles. The van der Waals surface area contributed by atoms with Gasteiger partial charge in [0.2, 0.25) is 0 Å². The molecule has 3 rings (SSSR count). The summed E-state index contributed by atoms with van der Waals surface area (Å²) >= 11 is 0. The molecule has 0 radical (unpaired) electrons. The molecule has 116 valence electrons. The van der Waals surface area contributed by atoms with Gasteiger partial charge in [-0.15, -0.1) is 0 Å². The van der Waals surface area contributed by atoms with E-state index in [1.54, 1.807) is 0 Å². The van der Waals surface area contributed by atoms with Gasteiger partial charge in [0.1, 0.15) is 0 Å². The van der Waals surface area contributed by atoms with E-state index in [9.17, 15) is 0 Å². The van der Waals surface area contributed by atoms with Gasteiger partial charge in [-0.1, -0.05) is 19.3 Å². The van der Waals surface area contributed by atoms with Gasteiger partial charge in [0, 0.05) is 13.2 Å². The van der Waals surface area contributed by atoms with Crippen LogP contribution in [0.3, 0.4) is 0 Å². The Balaban J connectivity index is 1.29. The Morgan fingerprint density at radius 3 is 2.60 bits per heavy atom. The van der Waals surface area contributed by atoms with Crippen LogP contribution in [0.5, 0.6) is 0 Å². The molecule has 2 saturated heterocycles. The Morgan fingerprint density at radius 1 is 0.900 bits per heavy atom. The van der Waals surface area contributed by atoms with E-state index in [0.29, 0.717) is 12.2 Å². The first kappa shape index (κ1) is 14.8. The molecule has 1 N–H and O–H groups in total. The van der Waals surface area contributed by atoms with E-state index in [1.807, 2.05) is 0 Å². The van der Waals surface area contributed by atoms with E-state index >= 15 is 0 Å². The van der Waals surface area contributed by atoms with Crippen LogP contribution in [0.4, 0.5) is 0 Å². The highest BCUT2D eigenvalue weighted by Gasteiger charge is 2.40. The highest BCUT2D eigenvalue weighted by molar-refractivity contribution is 4.91. The lowest BCUT2D eigenvalue weighted by atomic mass is 9.83. The summed E-state index contributed by atoms with van der Waals surface area (Å²) < 4.78 is 12.2. The number of hydrogen-bond acceptors (Lipinski definition) is 3. The van der Waals surface area contributed by atoms with Gasteiger partial charge in [-0.3, -0.25) is 0 Å². The van der Waals surface area contributed by atoms with Gasteiger partial charge in [0.05, 0.1) is 17.8 Å². The van der Waals surface area contributed by atoms with Crippen LogP contribution < -0.4 is 5.32 Å². The van der Waals surface area contributed by atoms with E-state index in [2.05, 4.69) is 5.32 Å². The minimum Gasteiger partial charge on any atom is -0.378 e. The van der Waals surface area contributed by atoms with Crippen LogP contribution in [0, 0.1) is 0 Å². The fourth-order valence-corrected chi connectivity index (χ4v) is 4.16. The molecule has 3 heteroatoms. The van der Waals surface area contributed by atoms with E-state index in [-0.39, 0.29) is 5.60 Å². The van der Waals surface area contributed by atoms with Gasteiger partial charge in [0.25, 0.3) is 0 Å². The fraction of sp³-hybridized carbons (Fsp3) is 1.00. The molecule has 3 nitrogen and oxygen atoms in total. The summed E-state index contributed by atoms with van der Waals surface area (Å²) in [6, 6.07) is 0. The second-order valence-corrected chi connectivity index (χ2v) is 7.00. The minimum absolute atomic E-state index is 0.275. The maximum absolute atomic E-state index is 6.39. The zero-order valence-corrected chi connectivity index (χ0v) is 12.9. The molecule has 3 aliphatic rings. The van der Waals surface area contributed by atoms with Crippen LogP contribution in [0.1, 0.15) is 70.6 Å². The standard InChI is InChI=1S/C17H31NO2/c1-3-9-17(10-4-1)11-7-16(20-17)14-18-12-8-15-6-2-5-13-19-15/h15-16,18H,1-14H2. The number of ether oxygens (including phenoxy) is 2. The Hall–Kier alpha value is -0.120. The molecular formula is C17H31NO2. The van der Waals surface area contributed by atoms with Crippen LogP contribution in [0.15, 0.2) is 0 Å². The average molecular weight is 281 g/mol. The largest absolute Gasteiger partial charge is 0.378 e. The van der Waals surface area contributed by atoms with Crippen molar-refractivity contribution in [1.82, 2.24) is 5.32 Å². The van der Waals surface area contributed by atoms with E-state index in [0.717, 1.165) is 26.1 Å². The second kappa shape index (κ2) is 7.24. The summed E-state index contributed by atoms with van der Waals surface area (Å²) in [5.41, 5.74) is 0.275. The summed E-state index contributed by atoms with van der Waals surface area (Å²) in [6.45, 7) is 3.09. The predicted octanol–water partition coefficient (Wildman–Crippen LogP) is 3.42. The molecule has 0 aromatic carbocycles. The van der Waals surface area contributed by atoms with Crippen molar-refractivity contribution in [2.24, 2.45) is 0 Å². The zero-order valence-electron chi connectivity index (χ0n) is 12.9. The van der Waals surface area contributed by atoms with E-state index < -0.39 is 0 Å². The van der Waals surface area contributed by atoms with Crippen LogP contribution >= 0.6 is 0 Å². The molecule has 1 saturated carbocycles. The first-order chi connectivity index (χ1) is 9.86. The lowest BCUT2D eigenvalue weighted by Crippen LogP contribution is -2.35. The minimum atomic E-state index is 0.275. The number of hydrogen-bond donors (Lipinski definition) is 1. The van der Waals surface area contributed by atoms with Gasteiger partial charge in [-0.05, 0) is 57.9 Å². The fourth-order valence-electron chi connectivity index (χ4n) is 4.16. The maximum atomic E-state index is 6.39. The molecule has 1 spiro atoms. The van der Waals surface area contributed by atoms with Crippen LogP contribution in [-0.4, -0.2) is 37.5 Å². The summed E-state index contributed by atoms with van der Waals surface area (Å²) in [5.74, 6) is 0. The van der Waals surface area contributed by atoms with Gasteiger partial charge in [-0.25, -0.2) is 0 Å². The van der Waals surface area contributed by atoms with Crippen LogP contribution in [0.2, 0.25) is 0 Å². The molecular weight excluding hydrogens is 250 g/mol. The highest BCUT2D eigenvalue weighted by atomic mass is 16.5. The lowest BCUT2D eigenvalue weighted by Gasteiger charge is -2.33. The van der Waals surface area contributed by atoms with Crippen molar-refractivity contribution in [3.05, 3.63) is 0 Å². The van der Waals surface area contributed by atoms with Gasteiger partial charge < -0.3 is 14.8 Å². The SMILES string of the molecule is C1CCC2(CC1)CCC(CNCCC1CCCCO1)O2. The van der Waals surface area contributed by atoms with E-state index in [4.69, 9.17) is 9.47 Å². The Morgan fingerprint density at radius 2 is 1.80 bits per heavy atom. The van der Waals surface area contributed by atoms with Gasteiger partial charge in [0.15, 0.2) is 0 Å². The Bertz CT molecular complexity index is 283. The smallest absolute Gasteiger partial charge is 0.0708 e. The third-order valence-electron chi connectivity index (χ3n) is 5.39. The average Bonchev–Trinajstić information content (AvgIpc) is 2.88. The topological polar surface area (TPSA) is 30.5 Å². The van der Waals surface area contributed by atoms with Crippen molar-refractivity contribution in [3.63, 3.8) is 0 Å². The zero-order chi connectivity index (χ0) is 13.7. The molecule has 2 atom stereocenters. The quantitative estimate of drug-likeness (QED) is 0.783. The first-order valence-corrected chi connectivity index (χ1v) is 8.86. The molecule has 0 amide bonds. The molecule has 0 aromatic rings. The maximum Gasteiger partial charge on any atom is 0.0708 e. The van der Waals surface area contributed by atoms with Gasteiger partial charge in [-0.2, -0.15) is 0 Å². The van der Waals surface area contributed by atoms with E-state index in [1.165, 1.54) is 64.2 Å². The Labute approximate surface area is 123 Å². The Kier molecular flexibility index (Phi) is 5.36. The third-order valence-corrected chi connectivity index (χ3v) is 5.39. The molecule has 2 aliphatic heterocycles. The van der Waals surface area contributed by atoms with Gasteiger partial charge >= 0.3 is 0 Å². The molecule has 3 fully saturated rings. The lowest BCUT2D eigenvalue weighted by molar-refractivity contribution is -0.0626. The van der Waals surface area contributed by atoms with Crippen molar-refractivity contribution >= 4 is 0 Å². The molecule has 1 aliphatic carbocycles. The predicted molar refractivity (Wildman–Crippen MR) is 81.0 cm³/mol. The summed E-state index contributed by atoms with van der Waals surface area (Å²) in [7, 11) is 0. The normalized spacial score (nSPS) is 33.6. The second-order valence-electron chi connectivity index (χ2n) is 7.00. The van der Waals surface area contributed by atoms with Crippen LogP contribution in [-0.2, 0) is 9.47 Å². The molecule has 2 unspecified atom stereocenters. The van der Waals surface area contributed by atoms with Crippen molar-refractivity contribution in [2.75, 3.05) is 19.7 Å². The third kappa shape index (κ3) is 3.96. The summed E-state index contributed by atoms with van der Waals surface area (Å²) in [6.07, 6.45) is 15.3. The van der Waals surface area contributed by atoms with Crippen molar-refractivity contribution < 1.29 is 9.47 Å². The van der Waals surface area contributed by atoms with Crippen molar-refractivity contribution in [3.8, 4) is 0 Å². The van der Waals surface area contributed by atoms with Crippen molar-refractivity contribution in [2.45, 2.75) is 88.4 Å². The summed E-state index contributed by atoms with van der Waals surface area (Å²) in [5, 5.41) is 3.59. The summed E-state index contributed by atoms with van der Waals surface area (Å²) in [4.78, 5) is 0. The highest BCUT2D eigenvalue weighted by Crippen LogP contribution is 2.41. The molecule has 0 bridgehead atoms.